The number of hydrogen-bond acceptors (Lipinski definition) is 9. The van der Waals surface area contributed by atoms with Gasteiger partial charge >= 0.3 is 30.3 Å². The number of nitrogen functional groups attached to an aromatic ring is 1. The molecule has 11 nitrogen and oxygen atoms in total. The van der Waals surface area contributed by atoms with Crippen molar-refractivity contribution in [2.75, 3.05) is 11.1 Å². The van der Waals surface area contributed by atoms with E-state index < -0.39 is 66.9 Å². The zero-order chi connectivity index (χ0) is 36.1. The molecule has 50 heavy (non-hydrogen) atoms. The number of benzene rings is 2. The number of carbonyl (C=O) groups excluding carboxylic acids is 3. The lowest BCUT2D eigenvalue weighted by molar-refractivity contribution is -0.160. The maximum absolute atomic E-state index is 13.9. The van der Waals surface area contributed by atoms with E-state index in [0.717, 1.165) is 17.0 Å². The number of fused-ring (bicyclic) bond motifs is 1. The summed E-state index contributed by atoms with van der Waals surface area (Å²) in [7, 11) is 0. The second kappa shape index (κ2) is 14.8. The van der Waals surface area contributed by atoms with Gasteiger partial charge in [0.05, 0.1) is 29.3 Å². The van der Waals surface area contributed by atoms with Crippen molar-refractivity contribution in [2.45, 2.75) is 50.7 Å². The SMILES string of the molecule is Nc1ccc(C(F)(F)F)nc1CNC(C(=O)OCc1ccccc1)C(C(=O)OCc1ccccc1)N1Cc2nc(C(F)(F)F)ccc2NC1=O. The van der Waals surface area contributed by atoms with E-state index in [1.54, 1.807) is 60.7 Å². The van der Waals surface area contributed by atoms with E-state index in [1.165, 1.54) is 0 Å². The summed E-state index contributed by atoms with van der Waals surface area (Å²) in [6.45, 7) is -2.01. The fraction of sp³-hybridized carbons (Fsp3) is 0.242. The van der Waals surface area contributed by atoms with Gasteiger partial charge in [-0.05, 0) is 35.4 Å². The summed E-state index contributed by atoms with van der Waals surface area (Å²) in [5, 5.41) is 5.01. The number of hydrogen-bond donors (Lipinski definition) is 3. The largest absolute Gasteiger partial charge is 0.460 e. The Morgan fingerprint density at radius 3 is 1.92 bits per heavy atom. The van der Waals surface area contributed by atoms with Gasteiger partial charge in [0.2, 0.25) is 0 Å². The highest BCUT2D eigenvalue weighted by atomic mass is 19.4. The van der Waals surface area contributed by atoms with Crippen LogP contribution in [0.15, 0.2) is 84.9 Å². The van der Waals surface area contributed by atoms with Gasteiger partial charge in [0, 0.05) is 6.54 Å². The van der Waals surface area contributed by atoms with Crippen molar-refractivity contribution in [3.8, 4) is 0 Å². The van der Waals surface area contributed by atoms with Gasteiger partial charge < -0.3 is 25.4 Å². The fourth-order valence-corrected chi connectivity index (χ4v) is 4.96. The van der Waals surface area contributed by atoms with Crippen LogP contribution >= 0.6 is 0 Å². The van der Waals surface area contributed by atoms with Crippen LogP contribution in [0.1, 0.15) is 33.9 Å². The number of carbonyl (C=O) groups is 3. The van der Waals surface area contributed by atoms with Gasteiger partial charge in [-0.3, -0.25) is 10.1 Å². The molecule has 0 aliphatic carbocycles. The van der Waals surface area contributed by atoms with Gasteiger partial charge in [0.1, 0.15) is 30.6 Å². The quantitative estimate of drug-likeness (QED) is 0.137. The van der Waals surface area contributed by atoms with Crippen LogP contribution < -0.4 is 16.4 Å². The highest BCUT2D eigenvalue weighted by Gasteiger charge is 2.45. The van der Waals surface area contributed by atoms with Crippen LogP contribution in [0.4, 0.5) is 42.5 Å². The van der Waals surface area contributed by atoms with Gasteiger partial charge in [-0.25, -0.2) is 19.6 Å². The van der Waals surface area contributed by atoms with E-state index in [0.29, 0.717) is 23.3 Å². The lowest BCUT2D eigenvalue weighted by atomic mass is 10.0. The average molecular weight is 703 g/mol. The van der Waals surface area contributed by atoms with Crippen LogP contribution in [-0.2, 0) is 57.7 Å². The van der Waals surface area contributed by atoms with Crippen LogP contribution in [-0.4, -0.2) is 44.9 Å². The molecule has 2 unspecified atom stereocenters. The molecule has 262 valence electrons. The molecular weight excluding hydrogens is 674 g/mol. The van der Waals surface area contributed by atoms with Crippen molar-refractivity contribution in [3.05, 3.63) is 119 Å². The first-order valence-electron chi connectivity index (χ1n) is 14.8. The standard InChI is InChI=1S/C33H28F6N6O5/c34-32(35,36)25-13-11-21(40)23(42-25)15-41-27(29(46)49-17-19-7-3-1-4-8-19)28(30(47)50-18-20-9-5-2-6-10-20)45-16-24-22(44-31(45)48)12-14-26(43-24)33(37,38)39/h1-14,27-28,41H,15-18,40H2,(H,44,48). The molecule has 0 saturated heterocycles. The number of nitrogens with two attached hydrogens (primary N) is 1. The van der Waals surface area contributed by atoms with E-state index in [2.05, 4.69) is 20.6 Å². The molecule has 2 atom stereocenters. The van der Waals surface area contributed by atoms with E-state index in [9.17, 15) is 40.7 Å². The Balaban J connectivity index is 1.53. The van der Waals surface area contributed by atoms with Crippen LogP contribution in [0.25, 0.3) is 0 Å². The summed E-state index contributed by atoms with van der Waals surface area (Å²) < 4.78 is 92.0. The summed E-state index contributed by atoms with van der Waals surface area (Å²) in [4.78, 5) is 49.1. The van der Waals surface area contributed by atoms with Crippen molar-refractivity contribution in [3.63, 3.8) is 0 Å². The molecule has 2 aromatic heterocycles. The highest BCUT2D eigenvalue weighted by Crippen LogP contribution is 2.33. The van der Waals surface area contributed by atoms with E-state index >= 15 is 0 Å². The Hall–Kier alpha value is -5.71. The van der Waals surface area contributed by atoms with Gasteiger partial charge in [0.25, 0.3) is 0 Å². The van der Waals surface area contributed by atoms with E-state index in [-0.39, 0.29) is 36.0 Å². The predicted octanol–water partition coefficient (Wildman–Crippen LogP) is 5.46. The average Bonchev–Trinajstić information content (AvgIpc) is 3.08. The molecule has 0 radical (unpaired) electrons. The Morgan fingerprint density at radius 2 is 1.34 bits per heavy atom. The topological polar surface area (TPSA) is 149 Å². The van der Waals surface area contributed by atoms with Crippen LogP contribution in [0.3, 0.4) is 0 Å². The smallest absolute Gasteiger partial charge is 0.433 e. The molecule has 0 bridgehead atoms. The number of aromatic nitrogens is 2. The number of pyridine rings is 2. The Bertz CT molecular complexity index is 1840. The summed E-state index contributed by atoms with van der Waals surface area (Å²) in [6.07, 6.45) is -9.69. The molecule has 2 aromatic carbocycles. The first kappa shape index (κ1) is 35.6. The molecule has 0 fully saturated rings. The third-order valence-corrected chi connectivity index (χ3v) is 7.47. The predicted molar refractivity (Wildman–Crippen MR) is 164 cm³/mol. The van der Waals surface area contributed by atoms with Crippen LogP contribution in [0, 0.1) is 0 Å². The third-order valence-electron chi connectivity index (χ3n) is 7.47. The number of alkyl halides is 6. The van der Waals surface area contributed by atoms with Crippen molar-refractivity contribution >= 4 is 29.3 Å². The fourth-order valence-electron chi connectivity index (χ4n) is 4.96. The lowest BCUT2D eigenvalue weighted by Crippen LogP contribution is -2.61. The minimum Gasteiger partial charge on any atom is -0.460 e. The zero-order valence-corrected chi connectivity index (χ0v) is 25.8. The van der Waals surface area contributed by atoms with Gasteiger partial charge in [-0.1, -0.05) is 60.7 Å². The molecule has 5 rings (SSSR count). The summed E-state index contributed by atoms with van der Waals surface area (Å²) >= 11 is 0. The molecule has 0 saturated carbocycles. The zero-order valence-electron chi connectivity index (χ0n) is 25.8. The molecule has 2 amide bonds. The molecule has 4 aromatic rings. The summed E-state index contributed by atoms with van der Waals surface area (Å²) in [6, 6.07) is 15.0. The Kier molecular flexibility index (Phi) is 10.5. The van der Waals surface area contributed by atoms with Crippen molar-refractivity contribution in [1.82, 2.24) is 20.2 Å². The molecular formula is C33H28F6N6O5. The maximum atomic E-state index is 13.9. The van der Waals surface area contributed by atoms with Crippen molar-refractivity contribution in [1.29, 1.82) is 0 Å². The van der Waals surface area contributed by atoms with Crippen LogP contribution in [0.5, 0.6) is 0 Å². The van der Waals surface area contributed by atoms with Gasteiger partial charge in [0.15, 0.2) is 6.04 Å². The van der Waals surface area contributed by atoms with Crippen LogP contribution in [0.2, 0.25) is 0 Å². The molecule has 1 aliphatic rings. The second-order valence-corrected chi connectivity index (χ2v) is 11.0. The third kappa shape index (κ3) is 8.65. The summed E-state index contributed by atoms with van der Waals surface area (Å²) in [5.41, 5.74) is 3.45. The summed E-state index contributed by atoms with van der Waals surface area (Å²) in [5.74, 6) is -2.35. The minimum atomic E-state index is -4.85. The number of urea groups is 1. The molecule has 4 N–H and O–H groups in total. The number of nitrogens with one attached hydrogen (secondary N) is 2. The molecule has 17 heteroatoms. The number of ether oxygens (including phenoxy) is 2. The van der Waals surface area contributed by atoms with Crippen molar-refractivity contribution < 1.29 is 50.2 Å². The van der Waals surface area contributed by atoms with Crippen molar-refractivity contribution in [2.24, 2.45) is 0 Å². The highest BCUT2D eigenvalue weighted by molar-refractivity contribution is 5.97. The monoisotopic (exact) mass is 702 g/mol. The first-order chi connectivity index (χ1) is 23.7. The lowest BCUT2D eigenvalue weighted by Gasteiger charge is -2.37. The number of esters is 2. The van der Waals surface area contributed by atoms with E-state index in [4.69, 9.17) is 15.2 Å². The molecule has 0 spiro atoms. The normalized spacial score (nSPS) is 14.3. The van der Waals surface area contributed by atoms with E-state index in [1.807, 2.05) is 0 Å². The second-order valence-electron chi connectivity index (χ2n) is 11.0. The number of nitrogens with zero attached hydrogens (tertiary/aromatic N) is 3. The molecule has 3 heterocycles. The Morgan fingerprint density at radius 1 is 0.800 bits per heavy atom. The molecule has 1 aliphatic heterocycles. The number of amides is 2. The first-order valence-corrected chi connectivity index (χ1v) is 14.8. The number of rotatable bonds is 11. The van der Waals surface area contributed by atoms with Gasteiger partial charge in [-0.15, -0.1) is 0 Å². The Labute approximate surface area is 280 Å². The maximum Gasteiger partial charge on any atom is 0.433 e. The van der Waals surface area contributed by atoms with Gasteiger partial charge in [-0.2, -0.15) is 26.3 Å². The number of halogens is 6. The minimum absolute atomic E-state index is 0.0762. The number of anilines is 2.